The van der Waals surface area contributed by atoms with Crippen LogP contribution in [-0.2, 0) is 4.74 Å². The number of rotatable bonds is 2. The zero-order valence-corrected chi connectivity index (χ0v) is 10.3. The van der Waals surface area contributed by atoms with Gasteiger partial charge >= 0.3 is 0 Å². The summed E-state index contributed by atoms with van der Waals surface area (Å²) in [6.45, 7) is 2.92. The van der Waals surface area contributed by atoms with Gasteiger partial charge in [-0.05, 0) is 32.6 Å². The summed E-state index contributed by atoms with van der Waals surface area (Å²) in [6, 6.07) is 0.536. The van der Waals surface area contributed by atoms with Crippen molar-refractivity contribution >= 4 is 16.5 Å². The van der Waals surface area contributed by atoms with Gasteiger partial charge in [-0.1, -0.05) is 11.3 Å². The van der Waals surface area contributed by atoms with Crippen molar-refractivity contribution in [3.05, 3.63) is 5.01 Å². The minimum atomic E-state index is 0.486. The third-order valence-corrected chi connectivity index (χ3v) is 4.39. The lowest BCUT2D eigenvalue weighted by atomic mass is 9.82. The van der Waals surface area contributed by atoms with E-state index in [0.717, 1.165) is 16.7 Å². The molecule has 4 nitrogen and oxygen atoms in total. The molecule has 0 radical (unpaired) electrons. The molecule has 0 bridgehead atoms. The fraction of sp³-hybridized carbons (Fsp3) is 0.818. The lowest BCUT2D eigenvalue weighted by molar-refractivity contribution is 0.0620. The van der Waals surface area contributed by atoms with Crippen LogP contribution in [0.1, 0.15) is 30.7 Å². The van der Waals surface area contributed by atoms with Crippen molar-refractivity contribution in [2.75, 3.05) is 11.9 Å². The quantitative estimate of drug-likeness (QED) is 0.859. The number of hydrogen-bond acceptors (Lipinski definition) is 5. The minimum Gasteiger partial charge on any atom is -0.378 e. The van der Waals surface area contributed by atoms with Crippen LogP contribution < -0.4 is 5.32 Å². The molecule has 0 amide bonds. The Kier molecular flexibility index (Phi) is 2.81. The maximum atomic E-state index is 5.76. The predicted octanol–water partition coefficient (Wildman–Crippen LogP) is 2.22. The SMILES string of the molecule is Cc1nnc(N[C@@H]2CCC[C@H]3OCC[C@H]23)s1. The van der Waals surface area contributed by atoms with Gasteiger partial charge in [-0.25, -0.2) is 0 Å². The number of ether oxygens (including phenoxy) is 1. The standard InChI is InChI=1S/C11H17N3OS/c1-7-13-14-11(16-7)12-9-3-2-4-10-8(9)5-6-15-10/h8-10H,2-6H2,1H3,(H,12,14)/t8-,9-,10-/m1/s1. The van der Waals surface area contributed by atoms with Gasteiger partial charge in [0.25, 0.3) is 0 Å². The molecule has 2 heterocycles. The normalized spacial score (nSPS) is 33.7. The summed E-state index contributed by atoms with van der Waals surface area (Å²) < 4.78 is 5.76. The first kappa shape index (κ1) is 10.5. The van der Waals surface area contributed by atoms with Gasteiger partial charge < -0.3 is 10.1 Å². The minimum absolute atomic E-state index is 0.486. The van der Waals surface area contributed by atoms with Crippen LogP contribution in [0.3, 0.4) is 0 Å². The highest BCUT2D eigenvalue weighted by atomic mass is 32.1. The maximum Gasteiger partial charge on any atom is 0.205 e. The molecule has 88 valence electrons. The second kappa shape index (κ2) is 4.30. The molecule has 16 heavy (non-hydrogen) atoms. The van der Waals surface area contributed by atoms with E-state index in [9.17, 15) is 0 Å². The van der Waals surface area contributed by atoms with Gasteiger partial charge in [0.2, 0.25) is 5.13 Å². The first-order chi connectivity index (χ1) is 7.83. The van der Waals surface area contributed by atoms with Crippen LogP contribution in [0.25, 0.3) is 0 Å². The first-order valence-electron chi connectivity index (χ1n) is 6.01. The van der Waals surface area contributed by atoms with E-state index in [4.69, 9.17) is 4.74 Å². The zero-order chi connectivity index (χ0) is 11.0. The van der Waals surface area contributed by atoms with E-state index in [1.165, 1.54) is 25.7 Å². The van der Waals surface area contributed by atoms with Crippen molar-refractivity contribution in [1.29, 1.82) is 0 Å². The lowest BCUT2D eigenvalue weighted by Gasteiger charge is -2.32. The molecule has 3 atom stereocenters. The van der Waals surface area contributed by atoms with Gasteiger partial charge in [-0.15, -0.1) is 10.2 Å². The average Bonchev–Trinajstić information content (AvgIpc) is 2.87. The number of anilines is 1. The molecule has 1 saturated heterocycles. The zero-order valence-electron chi connectivity index (χ0n) is 9.48. The summed E-state index contributed by atoms with van der Waals surface area (Å²) >= 11 is 1.64. The van der Waals surface area contributed by atoms with Crippen LogP contribution in [0.2, 0.25) is 0 Å². The molecule has 3 rings (SSSR count). The Balaban J connectivity index is 1.69. The van der Waals surface area contributed by atoms with Gasteiger partial charge in [0.1, 0.15) is 5.01 Å². The van der Waals surface area contributed by atoms with E-state index in [-0.39, 0.29) is 0 Å². The second-order valence-electron chi connectivity index (χ2n) is 4.67. The van der Waals surface area contributed by atoms with Gasteiger partial charge in [-0.3, -0.25) is 0 Å². The Morgan fingerprint density at radius 1 is 1.31 bits per heavy atom. The van der Waals surface area contributed by atoms with E-state index in [0.29, 0.717) is 18.1 Å². The highest BCUT2D eigenvalue weighted by Gasteiger charge is 2.37. The fourth-order valence-corrected chi connectivity index (χ4v) is 3.52. The highest BCUT2D eigenvalue weighted by molar-refractivity contribution is 7.15. The summed E-state index contributed by atoms with van der Waals surface area (Å²) in [6.07, 6.45) is 5.41. The van der Waals surface area contributed by atoms with Crippen LogP contribution >= 0.6 is 11.3 Å². The molecule has 5 heteroatoms. The molecule has 1 aromatic rings. The van der Waals surface area contributed by atoms with Crippen molar-refractivity contribution in [2.24, 2.45) is 5.92 Å². The summed E-state index contributed by atoms with van der Waals surface area (Å²) in [7, 11) is 0. The summed E-state index contributed by atoms with van der Waals surface area (Å²) in [5, 5.41) is 13.7. The molecule has 1 aliphatic carbocycles. The summed E-state index contributed by atoms with van der Waals surface area (Å²) in [5.74, 6) is 0.679. The molecule has 2 fully saturated rings. The first-order valence-corrected chi connectivity index (χ1v) is 6.83. The topological polar surface area (TPSA) is 47.0 Å². The Hall–Kier alpha value is -0.680. The average molecular weight is 239 g/mol. The second-order valence-corrected chi connectivity index (χ2v) is 5.85. The molecule has 0 unspecified atom stereocenters. The van der Waals surface area contributed by atoms with E-state index in [1.807, 2.05) is 6.92 Å². The smallest absolute Gasteiger partial charge is 0.205 e. The Morgan fingerprint density at radius 2 is 2.25 bits per heavy atom. The van der Waals surface area contributed by atoms with E-state index in [2.05, 4.69) is 15.5 Å². The maximum absolute atomic E-state index is 5.76. The third-order valence-electron chi connectivity index (χ3n) is 3.62. The van der Waals surface area contributed by atoms with Crippen LogP contribution in [0.5, 0.6) is 0 Å². The molecule has 0 aromatic carbocycles. The van der Waals surface area contributed by atoms with Crippen LogP contribution in [0.4, 0.5) is 5.13 Å². The number of nitrogens with zero attached hydrogens (tertiary/aromatic N) is 2. The molecule has 0 spiro atoms. The van der Waals surface area contributed by atoms with Crippen molar-refractivity contribution in [1.82, 2.24) is 10.2 Å². The summed E-state index contributed by atoms with van der Waals surface area (Å²) in [4.78, 5) is 0. The monoisotopic (exact) mass is 239 g/mol. The third kappa shape index (κ3) is 1.94. The van der Waals surface area contributed by atoms with Gasteiger partial charge in [0.05, 0.1) is 6.10 Å². The summed E-state index contributed by atoms with van der Waals surface area (Å²) in [5.41, 5.74) is 0. The van der Waals surface area contributed by atoms with Crippen LogP contribution in [0, 0.1) is 12.8 Å². The Morgan fingerprint density at radius 3 is 3.06 bits per heavy atom. The van der Waals surface area contributed by atoms with Crippen molar-refractivity contribution in [3.63, 3.8) is 0 Å². The molecule has 1 N–H and O–H groups in total. The number of aromatic nitrogens is 2. The van der Waals surface area contributed by atoms with E-state index >= 15 is 0 Å². The van der Waals surface area contributed by atoms with Crippen molar-refractivity contribution < 1.29 is 4.74 Å². The Bertz CT molecular complexity index is 368. The molecule has 1 aromatic heterocycles. The van der Waals surface area contributed by atoms with Crippen molar-refractivity contribution in [3.8, 4) is 0 Å². The molecule has 2 aliphatic rings. The van der Waals surface area contributed by atoms with Gasteiger partial charge in [-0.2, -0.15) is 0 Å². The van der Waals surface area contributed by atoms with Crippen molar-refractivity contribution in [2.45, 2.75) is 44.8 Å². The van der Waals surface area contributed by atoms with Crippen LogP contribution in [-0.4, -0.2) is 29.0 Å². The molecule has 1 saturated carbocycles. The molecule has 1 aliphatic heterocycles. The van der Waals surface area contributed by atoms with Crippen LogP contribution in [0.15, 0.2) is 0 Å². The number of hydrogen-bond donors (Lipinski definition) is 1. The lowest BCUT2D eigenvalue weighted by Crippen LogP contribution is -2.38. The fourth-order valence-electron chi connectivity index (χ4n) is 2.87. The predicted molar refractivity (Wildman–Crippen MR) is 63.8 cm³/mol. The molecular formula is C11H17N3OS. The molecular weight excluding hydrogens is 222 g/mol. The number of fused-ring (bicyclic) bond motifs is 1. The number of aryl methyl sites for hydroxylation is 1. The van der Waals surface area contributed by atoms with E-state index < -0.39 is 0 Å². The highest BCUT2D eigenvalue weighted by Crippen LogP contribution is 2.36. The van der Waals surface area contributed by atoms with E-state index in [1.54, 1.807) is 11.3 Å². The largest absolute Gasteiger partial charge is 0.378 e. The Labute approximate surface area is 99.4 Å². The van der Waals surface area contributed by atoms with Gasteiger partial charge in [0.15, 0.2) is 0 Å². The number of nitrogens with one attached hydrogen (secondary N) is 1. The van der Waals surface area contributed by atoms with Gasteiger partial charge in [0, 0.05) is 18.6 Å².